The first kappa shape index (κ1) is 11.7. The molecule has 1 heterocycles. The van der Waals surface area contributed by atoms with E-state index >= 15 is 0 Å². The van der Waals surface area contributed by atoms with Crippen LogP contribution >= 0.6 is 11.6 Å². The Bertz CT molecular complexity index is 566. The minimum absolute atomic E-state index is 0.237. The molecule has 1 aromatic carbocycles. The van der Waals surface area contributed by atoms with Crippen molar-refractivity contribution in [2.24, 2.45) is 0 Å². The monoisotopic (exact) mass is 249 g/mol. The molecule has 0 radical (unpaired) electrons. The van der Waals surface area contributed by atoms with Crippen LogP contribution in [0.3, 0.4) is 0 Å². The maximum Gasteiger partial charge on any atom is 0.211 e. The molecule has 2 aromatic rings. The molecule has 86 valence electrons. The summed E-state index contributed by atoms with van der Waals surface area (Å²) in [7, 11) is 0. The SMILES string of the molecule is Cc1cc(F)ccc1C(=O)c1ccc(Cl)cn1. The van der Waals surface area contributed by atoms with E-state index in [2.05, 4.69) is 4.98 Å². The topological polar surface area (TPSA) is 30.0 Å². The predicted octanol–water partition coefficient (Wildman–Crippen LogP) is 3.41. The molecule has 0 aliphatic heterocycles. The molecule has 2 rings (SSSR count). The molecule has 4 heteroatoms. The van der Waals surface area contributed by atoms with Gasteiger partial charge in [0.05, 0.1) is 5.02 Å². The zero-order chi connectivity index (χ0) is 12.4. The zero-order valence-electron chi connectivity index (χ0n) is 9.08. The highest BCUT2D eigenvalue weighted by Gasteiger charge is 2.13. The zero-order valence-corrected chi connectivity index (χ0v) is 9.83. The molecule has 0 aliphatic rings. The quantitative estimate of drug-likeness (QED) is 0.764. The maximum absolute atomic E-state index is 12.9. The molecule has 0 N–H and O–H groups in total. The highest BCUT2D eigenvalue weighted by Crippen LogP contribution is 2.15. The number of aryl methyl sites for hydroxylation is 1. The van der Waals surface area contributed by atoms with Crippen molar-refractivity contribution in [3.05, 3.63) is 64.2 Å². The molecule has 1 aromatic heterocycles. The Morgan fingerprint density at radius 3 is 2.65 bits per heavy atom. The highest BCUT2D eigenvalue weighted by molar-refractivity contribution is 6.30. The number of rotatable bonds is 2. The van der Waals surface area contributed by atoms with Crippen molar-refractivity contribution in [1.29, 1.82) is 0 Å². The Hall–Kier alpha value is -1.74. The van der Waals surface area contributed by atoms with Gasteiger partial charge in [-0.15, -0.1) is 0 Å². The van der Waals surface area contributed by atoms with Crippen molar-refractivity contribution in [3.8, 4) is 0 Å². The summed E-state index contributed by atoms with van der Waals surface area (Å²) in [6, 6.07) is 7.19. The van der Waals surface area contributed by atoms with Crippen LogP contribution in [0.4, 0.5) is 4.39 Å². The van der Waals surface area contributed by atoms with E-state index in [4.69, 9.17) is 11.6 Å². The number of hydrogen-bond acceptors (Lipinski definition) is 2. The molecule has 0 bridgehead atoms. The van der Waals surface area contributed by atoms with E-state index in [1.807, 2.05) is 0 Å². The van der Waals surface area contributed by atoms with Gasteiger partial charge in [0, 0.05) is 11.8 Å². The van der Waals surface area contributed by atoms with E-state index in [0.29, 0.717) is 21.8 Å². The van der Waals surface area contributed by atoms with Gasteiger partial charge in [0.2, 0.25) is 5.78 Å². The van der Waals surface area contributed by atoms with Crippen LogP contribution in [0, 0.1) is 12.7 Å². The second-order valence-electron chi connectivity index (χ2n) is 3.65. The van der Waals surface area contributed by atoms with E-state index in [0.717, 1.165) is 0 Å². The maximum atomic E-state index is 12.9. The van der Waals surface area contributed by atoms with Gasteiger partial charge < -0.3 is 0 Å². The summed E-state index contributed by atoms with van der Waals surface area (Å²) < 4.78 is 12.9. The van der Waals surface area contributed by atoms with Gasteiger partial charge in [-0.2, -0.15) is 0 Å². The number of benzene rings is 1. The van der Waals surface area contributed by atoms with Crippen molar-refractivity contribution in [2.75, 3.05) is 0 Å². The lowest BCUT2D eigenvalue weighted by atomic mass is 10.0. The predicted molar refractivity (Wildman–Crippen MR) is 63.8 cm³/mol. The minimum Gasteiger partial charge on any atom is -0.287 e. The molecular weight excluding hydrogens is 241 g/mol. The number of pyridine rings is 1. The van der Waals surface area contributed by atoms with Gasteiger partial charge in [-0.05, 0) is 42.8 Å². The molecule has 0 unspecified atom stereocenters. The second kappa shape index (κ2) is 4.63. The fourth-order valence-corrected chi connectivity index (χ4v) is 1.64. The Balaban J connectivity index is 2.40. The van der Waals surface area contributed by atoms with Gasteiger partial charge in [0.25, 0.3) is 0 Å². The van der Waals surface area contributed by atoms with Gasteiger partial charge in [-0.3, -0.25) is 9.78 Å². The van der Waals surface area contributed by atoms with Crippen LogP contribution in [0.2, 0.25) is 5.02 Å². The lowest BCUT2D eigenvalue weighted by Crippen LogP contribution is -2.06. The van der Waals surface area contributed by atoms with Crippen LogP contribution < -0.4 is 0 Å². The third-order valence-electron chi connectivity index (χ3n) is 2.39. The van der Waals surface area contributed by atoms with Crippen LogP contribution in [-0.4, -0.2) is 10.8 Å². The van der Waals surface area contributed by atoms with Crippen LogP contribution in [0.5, 0.6) is 0 Å². The normalized spacial score (nSPS) is 10.3. The van der Waals surface area contributed by atoms with Crippen molar-refractivity contribution in [2.45, 2.75) is 6.92 Å². The third kappa shape index (κ3) is 2.50. The van der Waals surface area contributed by atoms with Crippen LogP contribution in [0.25, 0.3) is 0 Å². The van der Waals surface area contributed by atoms with E-state index in [9.17, 15) is 9.18 Å². The number of carbonyl (C=O) groups is 1. The lowest BCUT2D eigenvalue weighted by Gasteiger charge is -2.04. The first-order valence-electron chi connectivity index (χ1n) is 5.00. The number of aromatic nitrogens is 1. The smallest absolute Gasteiger partial charge is 0.211 e. The molecule has 2 nitrogen and oxygen atoms in total. The molecule has 0 amide bonds. The van der Waals surface area contributed by atoms with E-state index in [1.54, 1.807) is 19.1 Å². The average Bonchev–Trinajstić information content (AvgIpc) is 2.29. The lowest BCUT2D eigenvalue weighted by molar-refractivity contribution is 0.103. The molecule has 0 fully saturated rings. The Kier molecular flexibility index (Phi) is 3.20. The van der Waals surface area contributed by atoms with Crippen molar-refractivity contribution >= 4 is 17.4 Å². The molecule has 0 spiro atoms. The second-order valence-corrected chi connectivity index (χ2v) is 4.09. The molecule has 0 saturated carbocycles. The van der Waals surface area contributed by atoms with Gasteiger partial charge in [-0.1, -0.05) is 11.6 Å². The van der Waals surface area contributed by atoms with E-state index in [1.165, 1.54) is 24.4 Å². The van der Waals surface area contributed by atoms with Gasteiger partial charge in [0.1, 0.15) is 11.5 Å². The van der Waals surface area contributed by atoms with Crippen molar-refractivity contribution in [3.63, 3.8) is 0 Å². The Morgan fingerprint density at radius 2 is 2.06 bits per heavy atom. The summed E-state index contributed by atoms with van der Waals surface area (Å²) in [5, 5.41) is 0.470. The molecule has 0 aliphatic carbocycles. The highest BCUT2D eigenvalue weighted by atomic mass is 35.5. The minimum atomic E-state index is -0.358. The standard InChI is InChI=1S/C13H9ClFNO/c1-8-6-10(15)3-4-11(8)13(17)12-5-2-9(14)7-16-12/h2-7H,1H3. The Morgan fingerprint density at radius 1 is 1.29 bits per heavy atom. The van der Waals surface area contributed by atoms with Gasteiger partial charge in [-0.25, -0.2) is 4.39 Å². The number of ketones is 1. The fraction of sp³-hybridized carbons (Fsp3) is 0.0769. The van der Waals surface area contributed by atoms with Crippen molar-refractivity contribution < 1.29 is 9.18 Å². The first-order valence-corrected chi connectivity index (χ1v) is 5.38. The molecule has 0 saturated heterocycles. The number of nitrogens with zero attached hydrogens (tertiary/aromatic N) is 1. The summed E-state index contributed by atoms with van der Waals surface area (Å²) in [6.07, 6.45) is 1.41. The fourth-order valence-electron chi connectivity index (χ4n) is 1.53. The van der Waals surface area contributed by atoms with Gasteiger partial charge >= 0.3 is 0 Å². The average molecular weight is 250 g/mol. The molecule has 17 heavy (non-hydrogen) atoms. The summed E-state index contributed by atoms with van der Waals surface area (Å²) in [5.74, 6) is -0.595. The largest absolute Gasteiger partial charge is 0.287 e. The summed E-state index contributed by atoms with van der Waals surface area (Å²) in [5.41, 5.74) is 1.33. The van der Waals surface area contributed by atoms with E-state index < -0.39 is 0 Å². The summed E-state index contributed by atoms with van der Waals surface area (Å²) in [6.45, 7) is 1.69. The van der Waals surface area contributed by atoms with Crippen LogP contribution in [0.1, 0.15) is 21.6 Å². The summed E-state index contributed by atoms with van der Waals surface area (Å²) >= 11 is 5.69. The Labute approximate surface area is 103 Å². The number of hydrogen-bond donors (Lipinski definition) is 0. The molecule has 0 atom stereocenters. The van der Waals surface area contributed by atoms with Crippen LogP contribution in [-0.2, 0) is 0 Å². The van der Waals surface area contributed by atoms with E-state index in [-0.39, 0.29) is 11.6 Å². The van der Waals surface area contributed by atoms with Crippen molar-refractivity contribution in [1.82, 2.24) is 4.98 Å². The summed E-state index contributed by atoms with van der Waals surface area (Å²) in [4.78, 5) is 16.0. The molecular formula is C13H9ClFNO. The number of carbonyl (C=O) groups excluding carboxylic acids is 1. The van der Waals surface area contributed by atoms with Gasteiger partial charge in [0.15, 0.2) is 0 Å². The third-order valence-corrected chi connectivity index (χ3v) is 2.62. The first-order chi connectivity index (χ1) is 8.08. The number of halogens is 2. The van der Waals surface area contributed by atoms with Crippen LogP contribution in [0.15, 0.2) is 36.5 Å².